The van der Waals surface area contributed by atoms with Gasteiger partial charge < -0.3 is 4.74 Å². The van der Waals surface area contributed by atoms with Crippen molar-refractivity contribution in [3.8, 4) is 5.75 Å². The van der Waals surface area contributed by atoms with Crippen LogP contribution < -0.4 is 9.46 Å². The van der Waals surface area contributed by atoms with Crippen molar-refractivity contribution in [2.75, 3.05) is 7.11 Å². The van der Waals surface area contributed by atoms with Crippen LogP contribution in [-0.2, 0) is 16.6 Å². The summed E-state index contributed by atoms with van der Waals surface area (Å²) in [5, 5.41) is 0. The first-order chi connectivity index (χ1) is 9.92. The minimum atomic E-state index is -3.67. The first-order valence-corrected chi connectivity index (χ1v) is 7.79. The van der Waals surface area contributed by atoms with Crippen molar-refractivity contribution in [2.24, 2.45) is 0 Å². The quantitative estimate of drug-likeness (QED) is 0.923. The second-order valence-corrected chi connectivity index (χ2v) is 6.35. The van der Waals surface area contributed by atoms with Crippen molar-refractivity contribution in [3.63, 3.8) is 0 Å². The average molecular weight is 309 g/mol. The lowest BCUT2D eigenvalue weighted by atomic mass is 10.2. The van der Waals surface area contributed by atoms with Gasteiger partial charge in [0.25, 0.3) is 0 Å². The van der Waals surface area contributed by atoms with E-state index in [-0.39, 0.29) is 11.4 Å². The highest BCUT2D eigenvalue weighted by Crippen LogP contribution is 2.16. The van der Waals surface area contributed by atoms with Crippen molar-refractivity contribution in [2.45, 2.75) is 18.4 Å². The molecule has 2 aromatic rings. The van der Waals surface area contributed by atoms with Gasteiger partial charge in [-0.2, -0.15) is 0 Å². The Kier molecular flexibility index (Phi) is 4.59. The van der Waals surface area contributed by atoms with E-state index in [4.69, 9.17) is 4.74 Å². The van der Waals surface area contributed by atoms with Crippen molar-refractivity contribution in [3.05, 3.63) is 59.4 Å². The molecule has 0 heterocycles. The summed E-state index contributed by atoms with van der Waals surface area (Å²) in [6, 6.07) is 10.8. The second-order valence-electron chi connectivity index (χ2n) is 4.59. The number of ether oxygens (including phenoxy) is 1. The molecule has 112 valence electrons. The highest BCUT2D eigenvalue weighted by molar-refractivity contribution is 7.89. The molecular formula is C15H16FNO3S. The number of aryl methyl sites for hydroxylation is 1. The second kappa shape index (κ2) is 6.24. The van der Waals surface area contributed by atoms with Gasteiger partial charge >= 0.3 is 0 Å². The number of benzene rings is 2. The van der Waals surface area contributed by atoms with E-state index in [1.54, 1.807) is 31.4 Å². The summed E-state index contributed by atoms with van der Waals surface area (Å²) in [4.78, 5) is 0.0456. The van der Waals surface area contributed by atoms with Gasteiger partial charge in [-0.05, 0) is 48.4 Å². The normalized spacial score (nSPS) is 11.4. The third-order valence-corrected chi connectivity index (χ3v) is 4.44. The fourth-order valence-electron chi connectivity index (χ4n) is 1.83. The lowest BCUT2D eigenvalue weighted by Crippen LogP contribution is -2.23. The van der Waals surface area contributed by atoms with Crippen molar-refractivity contribution < 1.29 is 17.5 Å². The molecule has 0 radical (unpaired) electrons. The highest BCUT2D eigenvalue weighted by Gasteiger charge is 2.15. The highest BCUT2D eigenvalue weighted by atomic mass is 32.2. The molecule has 0 aliphatic rings. The van der Waals surface area contributed by atoms with Crippen LogP contribution in [0.25, 0.3) is 0 Å². The molecule has 2 rings (SSSR count). The Bertz CT molecular complexity index is 744. The summed E-state index contributed by atoms with van der Waals surface area (Å²) in [5.74, 6) is 0.228. The van der Waals surface area contributed by atoms with Crippen LogP contribution >= 0.6 is 0 Å². The summed E-state index contributed by atoms with van der Waals surface area (Å²) in [5.41, 5.74) is 1.07. The average Bonchev–Trinajstić information content (AvgIpc) is 2.48. The maximum atomic E-state index is 13.2. The molecule has 0 aliphatic carbocycles. The van der Waals surface area contributed by atoms with Crippen molar-refractivity contribution in [1.29, 1.82) is 0 Å². The summed E-state index contributed by atoms with van der Waals surface area (Å²) in [7, 11) is -2.13. The standard InChI is InChI=1S/C15H16FNO3S/c1-11-8-14(6-7-15(11)16)21(18,19)17-10-12-4-3-5-13(9-12)20-2/h3-9,17H,10H2,1-2H3. The largest absolute Gasteiger partial charge is 0.497 e. The van der Waals surface area contributed by atoms with Crippen molar-refractivity contribution in [1.82, 2.24) is 4.72 Å². The lowest BCUT2D eigenvalue weighted by molar-refractivity contribution is 0.414. The zero-order chi connectivity index (χ0) is 15.5. The van der Waals surface area contributed by atoms with E-state index in [9.17, 15) is 12.8 Å². The number of methoxy groups -OCH3 is 1. The number of halogens is 1. The van der Waals surface area contributed by atoms with Crippen LogP contribution in [0.5, 0.6) is 5.75 Å². The van der Waals surface area contributed by atoms with Gasteiger partial charge in [0.15, 0.2) is 0 Å². The molecule has 0 saturated carbocycles. The van der Waals surface area contributed by atoms with Crippen LogP contribution in [0.3, 0.4) is 0 Å². The fraction of sp³-hybridized carbons (Fsp3) is 0.200. The molecule has 6 heteroatoms. The maximum Gasteiger partial charge on any atom is 0.240 e. The van der Waals surface area contributed by atoms with Gasteiger partial charge in [-0.15, -0.1) is 0 Å². The molecule has 0 aliphatic heterocycles. The van der Waals surface area contributed by atoms with E-state index >= 15 is 0 Å². The molecule has 4 nitrogen and oxygen atoms in total. The Morgan fingerprint density at radius 3 is 2.62 bits per heavy atom. The van der Waals surface area contributed by atoms with Gasteiger partial charge in [0.1, 0.15) is 11.6 Å². The van der Waals surface area contributed by atoms with Crippen LogP contribution in [0.15, 0.2) is 47.4 Å². The molecule has 0 aromatic heterocycles. The number of hydrogen-bond donors (Lipinski definition) is 1. The molecule has 0 fully saturated rings. The van der Waals surface area contributed by atoms with E-state index in [1.807, 2.05) is 0 Å². The summed E-state index contributed by atoms with van der Waals surface area (Å²) >= 11 is 0. The molecule has 21 heavy (non-hydrogen) atoms. The van der Waals surface area contributed by atoms with E-state index < -0.39 is 15.8 Å². The topological polar surface area (TPSA) is 55.4 Å². The monoisotopic (exact) mass is 309 g/mol. The van der Waals surface area contributed by atoms with Crippen LogP contribution in [-0.4, -0.2) is 15.5 Å². The summed E-state index contributed by atoms with van der Waals surface area (Å²) < 4.78 is 45.1. The Labute approximate surface area is 123 Å². The molecule has 0 saturated heterocycles. The zero-order valence-corrected chi connectivity index (χ0v) is 12.6. The third kappa shape index (κ3) is 3.80. The first kappa shape index (κ1) is 15.5. The van der Waals surface area contributed by atoms with Crippen LogP contribution in [0, 0.1) is 12.7 Å². The Balaban J connectivity index is 2.15. The number of sulfonamides is 1. The van der Waals surface area contributed by atoms with Crippen molar-refractivity contribution >= 4 is 10.0 Å². The zero-order valence-electron chi connectivity index (χ0n) is 11.8. The Morgan fingerprint density at radius 1 is 1.19 bits per heavy atom. The summed E-state index contributed by atoms with van der Waals surface area (Å²) in [6.45, 7) is 1.66. The predicted molar refractivity (Wildman–Crippen MR) is 78.2 cm³/mol. The molecule has 0 bridgehead atoms. The number of nitrogens with one attached hydrogen (secondary N) is 1. The molecule has 2 aromatic carbocycles. The lowest BCUT2D eigenvalue weighted by Gasteiger charge is -2.09. The molecule has 0 atom stereocenters. The maximum absolute atomic E-state index is 13.2. The Morgan fingerprint density at radius 2 is 1.95 bits per heavy atom. The van der Waals surface area contributed by atoms with Crippen LogP contribution in [0.4, 0.5) is 4.39 Å². The molecule has 0 spiro atoms. The number of rotatable bonds is 5. The van der Waals surface area contributed by atoms with Gasteiger partial charge in [-0.1, -0.05) is 12.1 Å². The van der Waals surface area contributed by atoms with Gasteiger partial charge in [0.2, 0.25) is 10.0 Å². The molecule has 0 amide bonds. The third-order valence-electron chi connectivity index (χ3n) is 3.04. The predicted octanol–water partition coefficient (Wildman–Crippen LogP) is 2.62. The van der Waals surface area contributed by atoms with E-state index in [0.29, 0.717) is 11.3 Å². The summed E-state index contributed by atoms with van der Waals surface area (Å²) in [6.07, 6.45) is 0. The van der Waals surface area contributed by atoms with Gasteiger partial charge in [0, 0.05) is 6.54 Å². The van der Waals surface area contributed by atoms with Gasteiger partial charge in [-0.25, -0.2) is 17.5 Å². The van der Waals surface area contributed by atoms with Gasteiger partial charge in [0.05, 0.1) is 12.0 Å². The Hall–Kier alpha value is -1.92. The van der Waals surface area contributed by atoms with E-state index in [2.05, 4.69) is 4.72 Å². The van der Waals surface area contributed by atoms with Crippen LogP contribution in [0.2, 0.25) is 0 Å². The SMILES string of the molecule is COc1cccc(CNS(=O)(=O)c2ccc(F)c(C)c2)c1. The molecule has 1 N–H and O–H groups in total. The number of hydrogen-bond acceptors (Lipinski definition) is 3. The van der Waals surface area contributed by atoms with E-state index in [0.717, 1.165) is 11.6 Å². The van der Waals surface area contributed by atoms with E-state index in [1.165, 1.54) is 19.1 Å². The minimum absolute atomic E-state index is 0.0456. The molecular weight excluding hydrogens is 293 g/mol. The fourth-order valence-corrected chi connectivity index (χ4v) is 2.93. The minimum Gasteiger partial charge on any atom is -0.497 e. The van der Waals surface area contributed by atoms with Gasteiger partial charge in [-0.3, -0.25) is 0 Å². The molecule has 0 unspecified atom stereocenters. The smallest absolute Gasteiger partial charge is 0.240 e. The first-order valence-electron chi connectivity index (χ1n) is 6.31. The van der Waals surface area contributed by atoms with Crippen LogP contribution in [0.1, 0.15) is 11.1 Å².